The van der Waals surface area contributed by atoms with Crippen LogP contribution in [0.3, 0.4) is 0 Å². The van der Waals surface area contributed by atoms with Gasteiger partial charge in [0.05, 0.1) is 6.61 Å². The van der Waals surface area contributed by atoms with Gasteiger partial charge in [0, 0.05) is 0 Å². The second-order valence-electron chi connectivity index (χ2n) is 3.02. The predicted octanol–water partition coefficient (Wildman–Crippen LogP) is 3.84. The summed E-state index contributed by atoms with van der Waals surface area (Å²) >= 11 is 0. The van der Waals surface area contributed by atoms with Gasteiger partial charge in [-0.1, -0.05) is 43.5 Å². The molecule has 1 aromatic carbocycles. The van der Waals surface area contributed by atoms with Gasteiger partial charge in [0.15, 0.2) is 0 Å². The molecule has 0 fully saturated rings. The number of benzene rings is 1. The van der Waals surface area contributed by atoms with Crippen molar-refractivity contribution in [3.05, 3.63) is 61.2 Å². The zero-order valence-electron chi connectivity index (χ0n) is 9.07. The van der Waals surface area contributed by atoms with Gasteiger partial charge in [0.1, 0.15) is 5.75 Å². The van der Waals surface area contributed by atoms with E-state index in [1.54, 1.807) is 6.08 Å². The maximum absolute atomic E-state index is 5.37. The lowest BCUT2D eigenvalue weighted by molar-refractivity contribution is 0.340. The van der Waals surface area contributed by atoms with Crippen molar-refractivity contribution in [3.8, 4) is 5.75 Å². The molecule has 0 radical (unpaired) electrons. The van der Waals surface area contributed by atoms with Gasteiger partial charge in [0.25, 0.3) is 0 Å². The summed E-state index contributed by atoms with van der Waals surface area (Å²) in [4.78, 5) is 0. The van der Waals surface area contributed by atoms with Crippen LogP contribution in [0.25, 0.3) is 5.57 Å². The third-order valence-electron chi connectivity index (χ3n) is 2.02. The van der Waals surface area contributed by atoms with E-state index in [0.29, 0.717) is 6.61 Å². The van der Waals surface area contributed by atoms with Crippen molar-refractivity contribution in [3.63, 3.8) is 0 Å². The molecule has 0 N–H and O–H groups in total. The van der Waals surface area contributed by atoms with Gasteiger partial charge >= 0.3 is 0 Å². The highest BCUT2D eigenvalue weighted by Crippen LogP contribution is 2.19. The summed E-state index contributed by atoms with van der Waals surface area (Å²) in [5.74, 6) is 0.892. The Balaban J connectivity index is 2.91. The highest BCUT2D eigenvalue weighted by atomic mass is 16.5. The molecule has 0 saturated heterocycles. The Labute approximate surface area is 91.4 Å². The van der Waals surface area contributed by atoms with E-state index in [1.807, 2.05) is 43.3 Å². The molecule has 1 heteroatoms. The van der Waals surface area contributed by atoms with Gasteiger partial charge in [-0.05, 0) is 30.2 Å². The van der Waals surface area contributed by atoms with E-state index in [4.69, 9.17) is 4.74 Å². The molecule has 0 aromatic heterocycles. The minimum absolute atomic E-state index is 0.691. The molecular weight excluding hydrogens is 184 g/mol. The van der Waals surface area contributed by atoms with Crippen molar-refractivity contribution < 1.29 is 4.74 Å². The molecule has 0 spiro atoms. The van der Waals surface area contributed by atoms with Crippen LogP contribution in [0, 0.1) is 0 Å². The van der Waals surface area contributed by atoms with E-state index in [-0.39, 0.29) is 0 Å². The minimum atomic E-state index is 0.691. The van der Waals surface area contributed by atoms with E-state index in [1.165, 1.54) is 0 Å². The SMILES string of the molecule is C=C/C=C(\C=C)c1ccc(OCC)cc1. The first-order valence-corrected chi connectivity index (χ1v) is 5.00. The minimum Gasteiger partial charge on any atom is -0.494 e. The third kappa shape index (κ3) is 3.13. The first-order valence-electron chi connectivity index (χ1n) is 5.00. The number of rotatable bonds is 5. The van der Waals surface area contributed by atoms with Gasteiger partial charge in [-0.15, -0.1) is 0 Å². The van der Waals surface area contributed by atoms with Gasteiger partial charge in [-0.2, -0.15) is 0 Å². The summed E-state index contributed by atoms with van der Waals surface area (Å²) in [5.41, 5.74) is 2.18. The second-order valence-corrected chi connectivity index (χ2v) is 3.02. The molecule has 0 amide bonds. The number of hydrogen-bond donors (Lipinski definition) is 0. The van der Waals surface area contributed by atoms with Gasteiger partial charge in [-0.3, -0.25) is 0 Å². The molecule has 0 unspecified atom stereocenters. The Bertz CT molecular complexity index is 357. The normalized spacial score (nSPS) is 10.9. The third-order valence-corrected chi connectivity index (χ3v) is 2.02. The molecule has 78 valence electrons. The highest BCUT2D eigenvalue weighted by Gasteiger charge is 1.97. The fraction of sp³-hybridized carbons (Fsp3) is 0.143. The fourth-order valence-corrected chi connectivity index (χ4v) is 1.32. The standard InChI is InChI=1S/C14H16O/c1-4-7-12(5-2)13-8-10-14(11-9-13)15-6-3/h4-5,7-11H,1-2,6H2,3H3/b12-7+. The van der Waals surface area contributed by atoms with Crippen LogP contribution >= 0.6 is 0 Å². The van der Waals surface area contributed by atoms with Crippen molar-refractivity contribution in [2.75, 3.05) is 6.61 Å². The molecule has 1 nitrogen and oxygen atoms in total. The van der Waals surface area contributed by atoms with Crippen LogP contribution in [0.4, 0.5) is 0 Å². The van der Waals surface area contributed by atoms with Gasteiger partial charge < -0.3 is 4.74 Å². The summed E-state index contributed by atoms with van der Waals surface area (Å²) in [5, 5.41) is 0. The Morgan fingerprint density at radius 1 is 1.27 bits per heavy atom. The zero-order valence-corrected chi connectivity index (χ0v) is 9.07. The quantitative estimate of drug-likeness (QED) is 0.656. The smallest absolute Gasteiger partial charge is 0.119 e. The molecular formula is C14H16O. The van der Waals surface area contributed by atoms with E-state index in [2.05, 4.69) is 13.2 Å². The Hall–Kier alpha value is -1.76. The topological polar surface area (TPSA) is 9.23 Å². The van der Waals surface area contributed by atoms with Crippen molar-refractivity contribution in [2.45, 2.75) is 6.92 Å². The molecule has 0 bridgehead atoms. The van der Waals surface area contributed by atoms with E-state index < -0.39 is 0 Å². The first-order chi connectivity index (χ1) is 7.31. The van der Waals surface area contributed by atoms with Crippen LogP contribution in [0.15, 0.2) is 55.7 Å². The average Bonchev–Trinajstić information content (AvgIpc) is 2.28. The van der Waals surface area contributed by atoms with E-state index in [9.17, 15) is 0 Å². The summed E-state index contributed by atoms with van der Waals surface area (Å²) in [7, 11) is 0. The van der Waals surface area contributed by atoms with Crippen LogP contribution in [0.2, 0.25) is 0 Å². The number of allylic oxidation sites excluding steroid dienone is 4. The molecule has 0 aliphatic heterocycles. The first kappa shape index (κ1) is 11.3. The molecule has 0 saturated carbocycles. The lowest BCUT2D eigenvalue weighted by atomic mass is 10.1. The summed E-state index contributed by atoms with van der Waals surface area (Å²) in [6, 6.07) is 7.95. The molecule has 1 aromatic rings. The monoisotopic (exact) mass is 200 g/mol. The average molecular weight is 200 g/mol. The Morgan fingerprint density at radius 2 is 1.93 bits per heavy atom. The predicted molar refractivity (Wildman–Crippen MR) is 66.0 cm³/mol. The molecule has 0 atom stereocenters. The van der Waals surface area contributed by atoms with E-state index in [0.717, 1.165) is 16.9 Å². The van der Waals surface area contributed by atoms with Crippen LogP contribution < -0.4 is 4.74 Å². The van der Waals surface area contributed by atoms with Crippen molar-refractivity contribution in [1.82, 2.24) is 0 Å². The van der Waals surface area contributed by atoms with Crippen molar-refractivity contribution in [2.24, 2.45) is 0 Å². The maximum atomic E-state index is 5.37. The summed E-state index contributed by atoms with van der Waals surface area (Å²) < 4.78 is 5.37. The largest absolute Gasteiger partial charge is 0.494 e. The van der Waals surface area contributed by atoms with E-state index >= 15 is 0 Å². The second kappa shape index (κ2) is 5.86. The Kier molecular flexibility index (Phi) is 4.42. The lowest BCUT2D eigenvalue weighted by Gasteiger charge is -2.05. The molecule has 0 aliphatic rings. The Morgan fingerprint density at radius 3 is 2.40 bits per heavy atom. The molecule has 0 heterocycles. The van der Waals surface area contributed by atoms with Crippen LogP contribution in [0.5, 0.6) is 5.75 Å². The highest BCUT2D eigenvalue weighted by molar-refractivity contribution is 5.74. The number of hydrogen-bond acceptors (Lipinski definition) is 1. The maximum Gasteiger partial charge on any atom is 0.119 e. The van der Waals surface area contributed by atoms with Crippen molar-refractivity contribution in [1.29, 1.82) is 0 Å². The lowest BCUT2D eigenvalue weighted by Crippen LogP contribution is -1.91. The molecule has 1 rings (SSSR count). The van der Waals surface area contributed by atoms with Gasteiger partial charge in [0.2, 0.25) is 0 Å². The van der Waals surface area contributed by atoms with Gasteiger partial charge in [-0.25, -0.2) is 0 Å². The molecule has 0 aliphatic carbocycles. The number of ether oxygens (including phenoxy) is 1. The van der Waals surface area contributed by atoms with Crippen LogP contribution in [-0.4, -0.2) is 6.61 Å². The summed E-state index contributed by atoms with van der Waals surface area (Å²) in [6.45, 7) is 10.1. The fourth-order valence-electron chi connectivity index (χ4n) is 1.32. The van der Waals surface area contributed by atoms with Crippen LogP contribution in [0.1, 0.15) is 12.5 Å². The van der Waals surface area contributed by atoms with Crippen molar-refractivity contribution >= 4 is 5.57 Å². The van der Waals surface area contributed by atoms with Crippen LogP contribution in [-0.2, 0) is 0 Å². The zero-order chi connectivity index (χ0) is 11.1. The summed E-state index contributed by atoms with van der Waals surface area (Å²) in [6.07, 6.45) is 5.51. The molecule has 15 heavy (non-hydrogen) atoms.